The van der Waals surface area contributed by atoms with Crippen molar-refractivity contribution in [2.24, 2.45) is 10.2 Å². The normalized spacial score (nSPS) is 17.4. The molecule has 0 aromatic heterocycles. The Kier molecular flexibility index (Phi) is 7.03. The Bertz CT molecular complexity index is 1050. The van der Waals surface area contributed by atoms with Gasteiger partial charge >= 0.3 is 5.97 Å². The summed E-state index contributed by atoms with van der Waals surface area (Å²) in [6.07, 6.45) is -0.0582. The van der Waals surface area contributed by atoms with Crippen molar-refractivity contribution in [3.05, 3.63) is 59.7 Å². The van der Waals surface area contributed by atoms with Gasteiger partial charge in [-0.25, -0.2) is 4.79 Å². The highest BCUT2D eigenvalue weighted by Crippen LogP contribution is 2.23. The van der Waals surface area contributed by atoms with Gasteiger partial charge in [0.2, 0.25) is 11.8 Å². The first-order valence-electron chi connectivity index (χ1n) is 9.23. The lowest BCUT2D eigenvalue weighted by molar-refractivity contribution is -0.122. The number of benzene rings is 2. The monoisotopic (exact) mass is 440 g/mol. The molecule has 1 unspecified atom stereocenters. The van der Waals surface area contributed by atoms with E-state index in [2.05, 4.69) is 20.8 Å². The van der Waals surface area contributed by atoms with Crippen LogP contribution in [0.2, 0.25) is 0 Å². The number of anilines is 1. The van der Waals surface area contributed by atoms with Crippen LogP contribution in [0.5, 0.6) is 5.75 Å². The van der Waals surface area contributed by atoms with Crippen LogP contribution in [0, 0.1) is 0 Å². The zero-order valence-corrected chi connectivity index (χ0v) is 17.6. The van der Waals surface area contributed by atoms with Gasteiger partial charge in [-0.2, -0.15) is 5.10 Å². The number of carbonyl (C=O) groups excluding carboxylic acids is 2. The molecule has 0 bridgehead atoms. The van der Waals surface area contributed by atoms with Gasteiger partial charge in [0.05, 0.1) is 18.4 Å². The molecule has 3 rings (SSSR count). The SMILES string of the molecule is COc1ccc(C(C)=N/N=C2\NC(=O)C(CC(=O)Nc3ccc(C(=O)O)cc3)S2)cc1. The summed E-state index contributed by atoms with van der Waals surface area (Å²) in [6, 6.07) is 13.1. The van der Waals surface area contributed by atoms with Crippen LogP contribution in [0.3, 0.4) is 0 Å². The van der Waals surface area contributed by atoms with Crippen molar-refractivity contribution in [2.75, 3.05) is 12.4 Å². The number of carbonyl (C=O) groups is 3. The van der Waals surface area contributed by atoms with E-state index in [1.165, 1.54) is 24.3 Å². The molecule has 1 heterocycles. The highest BCUT2D eigenvalue weighted by molar-refractivity contribution is 8.15. The molecule has 0 aliphatic carbocycles. The minimum Gasteiger partial charge on any atom is -0.497 e. The van der Waals surface area contributed by atoms with Gasteiger partial charge in [-0.3, -0.25) is 9.59 Å². The molecule has 31 heavy (non-hydrogen) atoms. The number of amides is 2. The predicted molar refractivity (Wildman–Crippen MR) is 119 cm³/mol. The molecule has 0 radical (unpaired) electrons. The van der Waals surface area contributed by atoms with Gasteiger partial charge in [-0.15, -0.1) is 5.10 Å². The van der Waals surface area contributed by atoms with E-state index in [9.17, 15) is 14.4 Å². The van der Waals surface area contributed by atoms with Crippen LogP contribution in [0.4, 0.5) is 5.69 Å². The third-order valence-corrected chi connectivity index (χ3v) is 5.43. The number of methoxy groups -OCH3 is 1. The molecule has 2 amide bonds. The second-order valence-corrected chi connectivity index (χ2v) is 7.74. The summed E-state index contributed by atoms with van der Waals surface area (Å²) in [5.41, 5.74) is 2.10. The van der Waals surface area contributed by atoms with Gasteiger partial charge in [0.1, 0.15) is 11.0 Å². The molecule has 9 nitrogen and oxygen atoms in total. The zero-order chi connectivity index (χ0) is 22.4. The summed E-state index contributed by atoms with van der Waals surface area (Å²) < 4.78 is 5.12. The van der Waals surface area contributed by atoms with Gasteiger partial charge in [-0.05, 0) is 61.0 Å². The Morgan fingerprint density at radius 1 is 1.13 bits per heavy atom. The first-order valence-corrected chi connectivity index (χ1v) is 10.1. The number of nitrogens with one attached hydrogen (secondary N) is 2. The first-order chi connectivity index (χ1) is 14.9. The fraction of sp³-hybridized carbons (Fsp3) is 0.190. The quantitative estimate of drug-likeness (QED) is 0.448. The van der Waals surface area contributed by atoms with Crippen molar-refractivity contribution in [1.29, 1.82) is 0 Å². The topological polar surface area (TPSA) is 129 Å². The molecule has 1 atom stereocenters. The number of amidine groups is 1. The highest BCUT2D eigenvalue weighted by atomic mass is 32.2. The molecule has 1 saturated heterocycles. The number of carboxylic acids is 1. The molecule has 2 aromatic rings. The summed E-state index contributed by atoms with van der Waals surface area (Å²) in [5.74, 6) is -0.999. The second-order valence-electron chi connectivity index (χ2n) is 6.55. The van der Waals surface area contributed by atoms with Crippen LogP contribution in [0.1, 0.15) is 29.3 Å². The molecule has 160 valence electrons. The van der Waals surface area contributed by atoms with Crippen LogP contribution in [0.25, 0.3) is 0 Å². The average Bonchev–Trinajstić information content (AvgIpc) is 3.11. The van der Waals surface area contributed by atoms with E-state index in [0.29, 0.717) is 16.6 Å². The van der Waals surface area contributed by atoms with Gasteiger partial charge in [-0.1, -0.05) is 11.8 Å². The average molecular weight is 440 g/mol. The van der Waals surface area contributed by atoms with Crippen molar-refractivity contribution in [3.8, 4) is 5.75 Å². The van der Waals surface area contributed by atoms with Crippen molar-refractivity contribution in [1.82, 2.24) is 5.32 Å². The van der Waals surface area contributed by atoms with Crippen LogP contribution in [-0.2, 0) is 9.59 Å². The lowest BCUT2D eigenvalue weighted by atomic mass is 10.1. The van der Waals surface area contributed by atoms with Crippen molar-refractivity contribution in [3.63, 3.8) is 0 Å². The largest absolute Gasteiger partial charge is 0.497 e. The van der Waals surface area contributed by atoms with Crippen molar-refractivity contribution < 1.29 is 24.2 Å². The smallest absolute Gasteiger partial charge is 0.335 e. The van der Waals surface area contributed by atoms with Gasteiger partial charge in [0.15, 0.2) is 5.17 Å². The molecule has 3 N–H and O–H groups in total. The molecule has 10 heteroatoms. The lowest BCUT2D eigenvalue weighted by Crippen LogP contribution is -2.28. The molecular formula is C21H20N4O5S. The Hall–Kier alpha value is -3.66. The molecule has 0 spiro atoms. The number of thioether (sulfide) groups is 1. The maximum Gasteiger partial charge on any atom is 0.335 e. The third-order valence-electron chi connectivity index (χ3n) is 4.36. The summed E-state index contributed by atoms with van der Waals surface area (Å²) in [6.45, 7) is 1.80. The number of ether oxygens (including phenoxy) is 1. The maximum absolute atomic E-state index is 12.2. The summed E-state index contributed by atoms with van der Waals surface area (Å²) in [7, 11) is 1.59. The Morgan fingerprint density at radius 2 is 1.77 bits per heavy atom. The minimum atomic E-state index is -1.05. The van der Waals surface area contributed by atoms with Crippen LogP contribution >= 0.6 is 11.8 Å². The van der Waals surface area contributed by atoms with E-state index in [-0.39, 0.29) is 23.8 Å². The molecular weight excluding hydrogens is 420 g/mol. The van der Waals surface area contributed by atoms with Gasteiger partial charge < -0.3 is 20.5 Å². The van der Waals surface area contributed by atoms with Crippen LogP contribution in [0.15, 0.2) is 58.7 Å². The number of nitrogens with zero attached hydrogens (tertiary/aromatic N) is 2. The van der Waals surface area contributed by atoms with Gasteiger partial charge in [0.25, 0.3) is 0 Å². The molecule has 2 aromatic carbocycles. The van der Waals surface area contributed by atoms with E-state index in [1.807, 2.05) is 24.3 Å². The fourth-order valence-electron chi connectivity index (χ4n) is 2.67. The number of carboxylic acid groups (broad SMARTS) is 1. The van der Waals surface area contributed by atoms with E-state index in [1.54, 1.807) is 14.0 Å². The van der Waals surface area contributed by atoms with E-state index < -0.39 is 11.2 Å². The Balaban J connectivity index is 1.57. The fourth-order valence-corrected chi connectivity index (χ4v) is 3.59. The van der Waals surface area contributed by atoms with Crippen molar-refractivity contribution in [2.45, 2.75) is 18.6 Å². The lowest BCUT2D eigenvalue weighted by Gasteiger charge is -2.07. The summed E-state index contributed by atoms with van der Waals surface area (Å²) in [5, 5.41) is 22.1. The predicted octanol–water partition coefficient (Wildman–Crippen LogP) is 2.73. The molecule has 1 aliphatic rings. The van der Waals surface area contributed by atoms with E-state index in [0.717, 1.165) is 23.1 Å². The standard InChI is InChI=1S/C21H20N4O5S/c1-12(13-5-9-16(30-2)10-6-13)24-25-21-23-19(27)17(31-21)11-18(26)22-15-7-3-14(4-8-15)20(28)29/h3-10,17H,11H2,1-2H3,(H,22,26)(H,28,29)(H,23,25,27). The van der Waals surface area contributed by atoms with Crippen LogP contribution < -0.4 is 15.4 Å². The highest BCUT2D eigenvalue weighted by Gasteiger charge is 2.32. The van der Waals surface area contributed by atoms with E-state index >= 15 is 0 Å². The van der Waals surface area contributed by atoms with Gasteiger partial charge in [0, 0.05) is 12.1 Å². The van der Waals surface area contributed by atoms with Crippen molar-refractivity contribution >= 4 is 46.1 Å². The molecule has 1 aliphatic heterocycles. The number of aromatic carboxylic acids is 1. The molecule has 1 fully saturated rings. The molecule has 0 saturated carbocycles. The number of hydrogen-bond acceptors (Lipinski definition) is 7. The van der Waals surface area contributed by atoms with Crippen LogP contribution in [-0.4, -0.2) is 46.1 Å². The summed E-state index contributed by atoms with van der Waals surface area (Å²) in [4.78, 5) is 35.3. The third kappa shape index (κ3) is 5.92. The number of hydrogen-bond donors (Lipinski definition) is 3. The Labute approximate surface area is 182 Å². The minimum absolute atomic E-state index is 0.0582. The number of rotatable bonds is 7. The summed E-state index contributed by atoms with van der Waals surface area (Å²) >= 11 is 1.13. The second kappa shape index (κ2) is 9.90. The first kappa shape index (κ1) is 22.0. The zero-order valence-electron chi connectivity index (χ0n) is 16.8. The Morgan fingerprint density at radius 3 is 2.39 bits per heavy atom. The van der Waals surface area contributed by atoms with E-state index in [4.69, 9.17) is 9.84 Å². The maximum atomic E-state index is 12.2.